The van der Waals surface area contributed by atoms with Gasteiger partial charge < -0.3 is 14.4 Å². The van der Waals surface area contributed by atoms with Gasteiger partial charge in [-0.05, 0) is 39.3 Å². The molecule has 0 saturated carbocycles. The maximum atomic E-state index is 11.5. The van der Waals surface area contributed by atoms with E-state index >= 15 is 0 Å². The Balaban J connectivity index is 0.000000276. The molecule has 0 radical (unpaired) electrons. The Bertz CT molecular complexity index is 388. The summed E-state index contributed by atoms with van der Waals surface area (Å²) in [5.41, 5.74) is -0.462. The van der Waals surface area contributed by atoms with Crippen molar-refractivity contribution in [3.63, 3.8) is 0 Å². The maximum Gasteiger partial charge on any atom is 0.410 e. The molecule has 0 aromatic carbocycles. The van der Waals surface area contributed by atoms with Crippen LogP contribution in [0.3, 0.4) is 0 Å². The van der Waals surface area contributed by atoms with Crippen molar-refractivity contribution in [2.75, 3.05) is 13.1 Å². The topological polar surface area (TPSA) is 59.5 Å². The first kappa shape index (κ1) is 16.1. The van der Waals surface area contributed by atoms with Crippen molar-refractivity contribution in [2.24, 2.45) is 5.92 Å². The molecule has 1 amide bonds. The Hall–Kier alpha value is -1.91. The van der Waals surface area contributed by atoms with Crippen LogP contribution in [0.25, 0.3) is 0 Å². The first-order chi connectivity index (χ1) is 9.42. The molecule has 1 aromatic heterocycles. The van der Waals surface area contributed by atoms with E-state index in [4.69, 9.17) is 4.74 Å². The van der Waals surface area contributed by atoms with E-state index in [0.717, 1.165) is 12.7 Å². The zero-order chi connectivity index (χ0) is 15.0. The number of hydrogen-bond donors (Lipinski definition) is 0. The third-order valence-electron chi connectivity index (χ3n) is 2.64. The van der Waals surface area contributed by atoms with Gasteiger partial charge in [-0.15, -0.1) is 0 Å². The van der Waals surface area contributed by atoms with Crippen molar-refractivity contribution in [2.45, 2.75) is 32.8 Å². The van der Waals surface area contributed by atoms with Crippen LogP contribution in [0.4, 0.5) is 4.79 Å². The summed E-state index contributed by atoms with van der Waals surface area (Å²) in [6.45, 7) is 6.62. The van der Waals surface area contributed by atoms with Gasteiger partial charge in [-0.2, -0.15) is 0 Å². The molecule has 110 valence electrons. The second kappa shape index (κ2) is 7.62. The molecule has 5 nitrogen and oxygen atoms in total. The van der Waals surface area contributed by atoms with Gasteiger partial charge >= 0.3 is 6.09 Å². The molecule has 0 unspecified atom stereocenters. The Morgan fingerprint density at radius 3 is 2.30 bits per heavy atom. The number of aromatic nitrogens is 1. The largest absolute Gasteiger partial charge is 0.444 e. The van der Waals surface area contributed by atoms with Crippen LogP contribution >= 0.6 is 0 Å². The lowest BCUT2D eigenvalue weighted by molar-refractivity contribution is -0.110. The number of carbonyl (C=O) groups is 2. The quantitative estimate of drug-likeness (QED) is 0.741. The van der Waals surface area contributed by atoms with Gasteiger partial charge in [-0.25, -0.2) is 4.79 Å². The molecule has 0 N–H and O–H groups in total. The predicted molar refractivity (Wildman–Crippen MR) is 76.2 cm³/mol. The summed E-state index contributed by atoms with van der Waals surface area (Å²) in [6, 6.07) is 5.72. The minimum Gasteiger partial charge on any atom is -0.444 e. The average Bonchev–Trinajstić information content (AvgIpc) is 2.88. The smallest absolute Gasteiger partial charge is 0.410 e. The van der Waals surface area contributed by atoms with Gasteiger partial charge in [-0.1, -0.05) is 6.07 Å². The molecule has 1 fully saturated rings. The van der Waals surface area contributed by atoms with E-state index in [1.807, 2.05) is 39.0 Å². The molecule has 1 aliphatic rings. The van der Waals surface area contributed by atoms with Crippen LogP contribution in [-0.4, -0.2) is 41.0 Å². The summed E-state index contributed by atoms with van der Waals surface area (Å²) < 4.78 is 5.19. The lowest BCUT2D eigenvalue weighted by Crippen LogP contribution is -2.35. The highest BCUT2D eigenvalue weighted by Crippen LogP contribution is 2.17. The molecule has 0 bridgehead atoms. The van der Waals surface area contributed by atoms with Crippen LogP contribution < -0.4 is 0 Å². The van der Waals surface area contributed by atoms with E-state index in [9.17, 15) is 9.59 Å². The third kappa shape index (κ3) is 6.31. The van der Waals surface area contributed by atoms with Crippen LogP contribution in [0, 0.1) is 5.92 Å². The zero-order valence-corrected chi connectivity index (χ0v) is 12.3. The van der Waals surface area contributed by atoms with E-state index in [1.165, 1.54) is 0 Å². The van der Waals surface area contributed by atoms with Crippen molar-refractivity contribution in [1.29, 1.82) is 0 Å². The van der Waals surface area contributed by atoms with Crippen LogP contribution in [0.15, 0.2) is 30.6 Å². The Morgan fingerprint density at radius 2 is 1.95 bits per heavy atom. The van der Waals surface area contributed by atoms with Crippen LogP contribution in [-0.2, 0) is 9.53 Å². The maximum absolute atomic E-state index is 11.5. The molecule has 1 aromatic rings. The summed E-state index contributed by atoms with van der Waals surface area (Å²) in [7, 11) is 0. The molecule has 1 aliphatic heterocycles. The third-order valence-corrected chi connectivity index (χ3v) is 2.64. The Morgan fingerprint density at radius 1 is 1.30 bits per heavy atom. The van der Waals surface area contributed by atoms with Crippen molar-refractivity contribution in [3.8, 4) is 0 Å². The van der Waals surface area contributed by atoms with Gasteiger partial charge in [0.1, 0.15) is 11.9 Å². The minimum absolute atomic E-state index is 0.0116. The number of amides is 1. The lowest BCUT2D eigenvalue weighted by atomic mass is 10.1. The lowest BCUT2D eigenvalue weighted by Gasteiger charge is -2.24. The van der Waals surface area contributed by atoms with Gasteiger partial charge in [0.25, 0.3) is 0 Å². The summed E-state index contributed by atoms with van der Waals surface area (Å²) >= 11 is 0. The SMILES string of the molecule is CC(C)(C)OC(=O)N1CC[C@H](C=O)C1.c1ccncc1. The van der Waals surface area contributed by atoms with Gasteiger partial charge in [0.2, 0.25) is 0 Å². The number of hydrogen-bond acceptors (Lipinski definition) is 4. The molecule has 2 rings (SSSR count). The minimum atomic E-state index is -0.462. The highest BCUT2D eigenvalue weighted by atomic mass is 16.6. The van der Waals surface area contributed by atoms with Crippen molar-refractivity contribution < 1.29 is 14.3 Å². The monoisotopic (exact) mass is 278 g/mol. The number of rotatable bonds is 1. The molecular weight excluding hydrogens is 256 g/mol. The average molecular weight is 278 g/mol. The summed E-state index contributed by atoms with van der Waals surface area (Å²) in [5.74, 6) is -0.0116. The predicted octanol–water partition coefficient (Wildman–Crippen LogP) is 2.52. The van der Waals surface area contributed by atoms with Crippen LogP contribution in [0.1, 0.15) is 27.2 Å². The normalized spacial score (nSPS) is 17.9. The molecule has 2 heterocycles. The van der Waals surface area contributed by atoms with Crippen molar-refractivity contribution >= 4 is 12.4 Å². The Labute approximate surface area is 119 Å². The fraction of sp³-hybridized carbons (Fsp3) is 0.533. The fourth-order valence-corrected chi connectivity index (χ4v) is 1.70. The molecular formula is C15H22N2O3. The first-order valence-electron chi connectivity index (χ1n) is 6.70. The zero-order valence-electron chi connectivity index (χ0n) is 12.3. The number of carbonyl (C=O) groups excluding carboxylic acids is 2. The van der Waals surface area contributed by atoms with Gasteiger partial charge in [0, 0.05) is 31.4 Å². The van der Waals surface area contributed by atoms with Gasteiger partial charge in [0.15, 0.2) is 0 Å². The van der Waals surface area contributed by atoms with Crippen molar-refractivity contribution in [3.05, 3.63) is 30.6 Å². The standard InChI is InChI=1S/C10H17NO3.C5H5N/c1-10(2,3)14-9(13)11-5-4-8(6-11)7-12;1-2-4-6-5-3-1/h7-8H,4-6H2,1-3H3;1-5H/t8-;/m0./s1. The molecule has 0 aliphatic carbocycles. The highest BCUT2D eigenvalue weighted by Gasteiger charge is 2.29. The summed E-state index contributed by atoms with van der Waals surface area (Å²) in [4.78, 5) is 27.4. The highest BCUT2D eigenvalue weighted by molar-refractivity contribution is 5.69. The van der Waals surface area contributed by atoms with E-state index in [-0.39, 0.29) is 12.0 Å². The van der Waals surface area contributed by atoms with Gasteiger partial charge in [-0.3, -0.25) is 4.98 Å². The number of likely N-dealkylation sites (tertiary alicyclic amines) is 1. The van der Waals surface area contributed by atoms with Crippen LogP contribution in [0.2, 0.25) is 0 Å². The number of pyridine rings is 1. The van der Waals surface area contributed by atoms with E-state index in [1.54, 1.807) is 17.3 Å². The molecule has 5 heteroatoms. The number of ether oxygens (including phenoxy) is 1. The second-order valence-corrected chi connectivity index (χ2v) is 5.64. The van der Waals surface area contributed by atoms with E-state index in [0.29, 0.717) is 13.1 Å². The number of nitrogens with zero attached hydrogens (tertiary/aromatic N) is 2. The van der Waals surface area contributed by atoms with E-state index < -0.39 is 5.60 Å². The molecule has 1 saturated heterocycles. The van der Waals surface area contributed by atoms with Crippen LogP contribution in [0.5, 0.6) is 0 Å². The Kier molecular flexibility index (Phi) is 6.15. The first-order valence-corrected chi connectivity index (χ1v) is 6.70. The number of aldehydes is 1. The van der Waals surface area contributed by atoms with Crippen molar-refractivity contribution in [1.82, 2.24) is 9.88 Å². The summed E-state index contributed by atoms with van der Waals surface area (Å²) in [6.07, 6.45) is 4.84. The van der Waals surface area contributed by atoms with E-state index in [2.05, 4.69) is 4.98 Å². The molecule has 0 spiro atoms. The molecule has 1 atom stereocenters. The second-order valence-electron chi connectivity index (χ2n) is 5.64. The molecule has 20 heavy (non-hydrogen) atoms. The van der Waals surface area contributed by atoms with Gasteiger partial charge in [0.05, 0.1) is 0 Å². The summed E-state index contributed by atoms with van der Waals surface area (Å²) in [5, 5.41) is 0. The fourth-order valence-electron chi connectivity index (χ4n) is 1.70.